The van der Waals surface area contributed by atoms with Gasteiger partial charge >= 0.3 is 0 Å². The monoisotopic (exact) mass is 271 g/mol. The molecule has 106 valence electrons. The zero-order valence-electron chi connectivity index (χ0n) is 12.3. The maximum Gasteiger partial charge on any atom is 0.161 e. The standard InChI is InChI=1S/C16H21N3O/c1-4-7-13-11-15(17-3)19-16(18-13)12-8-6-9-14(10-12)20-5-2/h6,8-11H,4-5,7H2,1-3H3,(H,17,18,19). The molecule has 4 nitrogen and oxygen atoms in total. The van der Waals surface area contributed by atoms with E-state index < -0.39 is 0 Å². The molecule has 0 aliphatic carbocycles. The molecule has 0 fully saturated rings. The molecule has 2 aromatic rings. The first-order valence-corrected chi connectivity index (χ1v) is 7.05. The summed E-state index contributed by atoms with van der Waals surface area (Å²) in [4.78, 5) is 9.16. The van der Waals surface area contributed by atoms with Crippen LogP contribution in [0.4, 0.5) is 5.82 Å². The highest BCUT2D eigenvalue weighted by Crippen LogP contribution is 2.23. The fraction of sp³-hybridized carbons (Fsp3) is 0.375. The molecular formula is C16H21N3O. The third-order valence-corrected chi connectivity index (χ3v) is 2.94. The minimum absolute atomic E-state index is 0.655. The average Bonchev–Trinajstić information content (AvgIpc) is 2.48. The van der Waals surface area contributed by atoms with Crippen LogP contribution < -0.4 is 10.1 Å². The first kappa shape index (κ1) is 14.3. The van der Waals surface area contributed by atoms with E-state index in [1.54, 1.807) is 0 Å². The highest BCUT2D eigenvalue weighted by atomic mass is 16.5. The number of rotatable bonds is 6. The lowest BCUT2D eigenvalue weighted by Gasteiger charge is -2.09. The van der Waals surface area contributed by atoms with E-state index in [1.165, 1.54) is 0 Å². The van der Waals surface area contributed by atoms with Crippen LogP contribution in [0.25, 0.3) is 11.4 Å². The van der Waals surface area contributed by atoms with Crippen LogP contribution in [0.5, 0.6) is 5.75 Å². The Balaban J connectivity index is 2.39. The highest BCUT2D eigenvalue weighted by molar-refractivity contribution is 5.59. The Morgan fingerprint density at radius 3 is 2.70 bits per heavy atom. The summed E-state index contributed by atoms with van der Waals surface area (Å²) >= 11 is 0. The van der Waals surface area contributed by atoms with Crippen LogP contribution in [0.15, 0.2) is 30.3 Å². The van der Waals surface area contributed by atoms with Gasteiger partial charge in [-0.05, 0) is 25.5 Å². The van der Waals surface area contributed by atoms with Crippen molar-refractivity contribution in [3.8, 4) is 17.1 Å². The van der Waals surface area contributed by atoms with Crippen LogP contribution in [-0.2, 0) is 6.42 Å². The zero-order chi connectivity index (χ0) is 14.4. The summed E-state index contributed by atoms with van der Waals surface area (Å²) in [6, 6.07) is 9.90. The smallest absolute Gasteiger partial charge is 0.161 e. The number of benzene rings is 1. The maximum absolute atomic E-state index is 5.53. The minimum Gasteiger partial charge on any atom is -0.494 e. The Kier molecular flexibility index (Phi) is 4.93. The van der Waals surface area contributed by atoms with Crippen LogP contribution in [0.2, 0.25) is 0 Å². The van der Waals surface area contributed by atoms with E-state index in [1.807, 2.05) is 44.3 Å². The van der Waals surface area contributed by atoms with Gasteiger partial charge in [-0.25, -0.2) is 9.97 Å². The third-order valence-electron chi connectivity index (χ3n) is 2.94. The van der Waals surface area contributed by atoms with Crippen molar-refractivity contribution in [3.63, 3.8) is 0 Å². The molecule has 2 rings (SSSR count). The van der Waals surface area contributed by atoms with Crippen molar-refractivity contribution in [2.75, 3.05) is 19.0 Å². The van der Waals surface area contributed by atoms with Crippen molar-refractivity contribution in [1.29, 1.82) is 0 Å². The summed E-state index contributed by atoms with van der Waals surface area (Å²) in [6.45, 7) is 4.78. The lowest BCUT2D eigenvalue weighted by atomic mass is 10.2. The molecule has 0 saturated carbocycles. The Hall–Kier alpha value is -2.10. The number of aryl methyl sites for hydroxylation is 1. The Morgan fingerprint density at radius 2 is 2.00 bits per heavy atom. The summed E-state index contributed by atoms with van der Waals surface area (Å²) < 4.78 is 5.53. The Morgan fingerprint density at radius 1 is 1.15 bits per heavy atom. The van der Waals surface area contributed by atoms with Crippen LogP contribution in [0.3, 0.4) is 0 Å². The number of nitrogens with zero attached hydrogens (tertiary/aromatic N) is 2. The quantitative estimate of drug-likeness (QED) is 0.873. The van der Waals surface area contributed by atoms with E-state index in [2.05, 4.69) is 22.2 Å². The maximum atomic E-state index is 5.53. The fourth-order valence-corrected chi connectivity index (χ4v) is 2.03. The molecule has 0 aliphatic heterocycles. The molecule has 1 aromatic heterocycles. The van der Waals surface area contributed by atoms with Gasteiger partial charge in [-0.15, -0.1) is 0 Å². The number of hydrogen-bond acceptors (Lipinski definition) is 4. The molecular weight excluding hydrogens is 250 g/mol. The van der Waals surface area contributed by atoms with E-state index in [0.29, 0.717) is 6.61 Å². The molecule has 1 aromatic carbocycles. The lowest BCUT2D eigenvalue weighted by Crippen LogP contribution is -2.01. The highest BCUT2D eigenvalue weighted by Gasteiger charge is 2.07. The molecule has 0 radical (unpaired) electrons. The van der Waals surface area contributed by atoms with Crippen molar-refractivity contribution in [3.05, 3.63) is 36.0 Å². The van der Waals surface area contributed by atoms with Gasteiger partial charge in [0.25, 0.3) is 0 Å². The van der Waals surface area contributed by atoms with Crippen molar-refractivity contribution in [1.82, 2.24) is 9.97 Å². The SMILES string of the molecule is CCCc1cc(NC)nc(-c2cccc(OCC)c2)n1. The number of ether oxygens (including phenoxy) is 1. The minimum atomic E-state index is 0.655. The van der Waals surface area contributed by atoms with Gasteiger partial charge in [-0.2, -0.15) is 0 Å². The van der Waals surface area contributed by atoms with E-state index in [4.69, 9.17) is 4.74 Å². The predicted molar refractivity (Wildman–Crippen MR) is 82.2 cm³/mol. The van der Waals surface area contributed by atoms with Crippen LogP contribution in [0.1, 0.15) is 26.0 Å². The average molecular weight is 271 g/mol. The number of nitrogens with one attached hydrogen (secondary N) is 1. The summed E-state index contributed by atoms with van der Waals surface area (Å²) in [5, 5.41) is 3.09. The number of hydrogen-bond donors (Lipinski definition) is 1. The summed E-state index contributed by atoms with van der Waals surface area (Å²) in [7, 11) is 1.87. The Bertz CT molecular complexity index is 569. The molecule has 0 atom stereocenters. The van der Waals surface area contributed by atoms with Crippen LogP contribution in [-0.4, -0.2) is 23.6 Å². The molecule has 0 spiro atoms. The second kappa shape index (κ2) is 6.89. The first-order chi connectivity index (χ1) is 9.76. The van der Waals surface area contributed by atoms with Gasteiger partial charge in [0.05, 0.1) is 6.61 Å². The van der Waals surface area contributed by atoms with Crippen molar-refractivity contribution < 1.29 is 4.74 Å². The Labute approximate surface area is 120 Å². The molecule has 0 unspecified atom stereocenters. The topological polar surface area (TPSA) is 47.0 Å². The van der Waals surface area contributed by atoms with Crippen molar-refractivity contribution in [2.45, 2.75) is 26.7 Å². The zero-order valence-corrected chi connectivity index (χ0v) is 12.3. The normalized spacial score (nSPS) is 10.3. The second-order valence-corrected chi connectivity index (χ2v) is 4.53. The van der Waals surface area contributed by atoms with Gasteiger partial charge in [0.15, 0.2) is 5.82 Å². The molecule has 20 heavy (non-hydrogen) atoms. The van der Waals surface area contributed by atoms with Gasteiger partial charge in [-0.1, -0.05) is 25.5 Å². The summed E-state index contributed by atoms with van der Waals surface area (Å²) in [5.74, 6) is 2.43. The molecule has 0 bridgehead atoms. The van der Waals surface area contributed by atoms with Gasteiger partial charge in [0.1, 0.15) is 11.6 Å². The summed E-state index contributed by atoms with van der Waals surface area (Å²) in [5.41, 5.74) is 2.04. The van der Waals surface area contributed by atoms with Gasteiger partial charge < -0.3 is 10.1 Å². The number of anilines is 1. The molecule has 1 heterocycles. The molecule has 0 amide bonds. The van der Waals surface area contributed by atoms with Crippen LogP contribution >= 0.6 is 0 Å². The summed E-state index contributed by atoms with van der Waals surface area (Å²) in [6.07, 6.45) is 2.02. The van der Waals surface area contributed by atoms with E-state index in [0.717, 1.165) is 41.5 Å². The van der Waals surface area contributed by atoms with Crippen molar-refractivity contribution >= 4 is 5.82 Å². The van der Waals surface area contributed by atoms with E-state index >= 15 is 0 Å². The fourth-order valence-electron chi connectivity index (χ4n) is 2.03. The lowest BCUT2D eigenvalue weighted by molar-refractivity contribution is 0.340. The van der Waals surface area contributed by atoms with Crippen LogP contribution in [0, 0.1) is 0 Å². The van der Waals surface area contributed by atoms with Gasteiger partial charge in [-0.3, -0.25) is 0 Å². The van der Waals surface area contributed by atoms with Crippen molar-refractivity contribution in [2.24, 2.45) is 0 Å². The molecule has 0 saturated heterocycles. The second-order valence-electron chi connectivity index (χ2n) is 4.53. The number of aromatic nitrogens is 2. The first-order valence-electron chi connectivity index (χ1n) is 7.05. The predicted octanol–water partition coefficient (Wildman–Crippen LogP) is 3.54. The van der Waals surface area contributed by atoms with E-state index in [-0.39, 0.29) is 0 Å². The van der Waals surface area contributed by atoms with E-state index in [9.17, 15) is 0 Å². The van der Waals surface area contributed by atoms with Gasteiger partial charge in [0, 0.05) is 24.4 Å². The molecule has 0 aliphatic rings. The molecule has 1 N–H and O–H groups in total. The largest absolute Gasteiger partial charge is 0.494 e. The third kappa shape index (κ3) is 3.47. The van der Waals surface area contributed by atoms with Gasteiger partial charge in [0.2, 0.25) is 0 Å². The molecule has 4 heteroatoms.